The number of thiazole rings is 1. The van der Waals surface area contributed by atoms with E-state index >= 15 is 0 Å². The van der Waals surface area contributed by atoms with Crippen LogP contribution in [-0.4, -0.2) is 65.6 Å². The molecule has 0 spiro atoms. The summed E-state index contributed by atoms with van der Waals surface area (Å²) in [4.78, 5) is 41.3. The standard InChI is InChI=1S/C20H21NO7S2/c1-11(22)18(25)10-30-17(19(26,12(2)23)20(18,27)13(3)24)28-15-6-4-5-14(9-15)16-21-7-8-29-16/h4-9,17,25-27H,10H2,1-3H3/t17-,18-,19-,20-/m0/s1. The zero-order chi connectivity index (χ0) is 22.3. The normalized spacial score (nSPS) is 31.2. The first-order chi connectivity index (χ1) is 14.0. The molecule has 0 aliphatic carbocycles. The number of ether oxygens (including phenoxy) is 1. The molecule has 1 saturated heterocycles. The number of aliphatic hydroxyl groups is 3. The molecular weight excluding hydrogens is 430 g/mol. The third-order valence-electron chi connectivity index (χ3n) is 5.32. The van der Waals surface area contributed by atoms with E-state index in [-0.39, 0.29) is 5.75 Å². The lowest BCUT2D eigenvalue weighted by Crippen LogP contribution is -2.82. The first kappa shape index (κ1) is 22.6. The molecule has 0 bridgehead atoms. The van der Waals surface area contributed by atoms with E-state index in [1.54, 1.807) is 30.5 Å². The lowest BCUT2D eigenvalue weighted by molar-refractivity contribution is -0.235. The fourth-order valence-corrected chi connectivity index (χ4v) is 5.75. The first-order valence-corrected chi connectivity index (χ1v) is 10.9. The predicted molar refractivity (Wildman–Crippen MR) is 111 cm³/mol. The van der Waals surface area contributed by atoms with Crippen LogP contribution >= 0.6 is 23.1 Å². The predicted octanol–water partition coefficient (Wildman–Crippen LogP) is 1.22. The third-order valence-corrected chi connectivity index (χ3v) is 7.47. The van der Waals surface area contributed by atoms with Gasteiger partial charge in [0.25, 0.3) is 0 Å². The number of ketones is 3. The summed E-state index contributed by atoms with van der Waals surface area (Å²) in [6.07, 6.45) is 1.65. The molecule has 30 heavy (non-hydrogen) atoms. The van der Waals surface area contributed by atoms with Crippen molar-refractivity contribution in [3.63, 3.8) is 0 Å². The summed E-state index contributed by atoms with van der Waals surface area (Å²) in [7, 11) is 0. The van der Waals surface area contributed by atoms with Gasteiger partial charge in [0, 0.05) is 22.9 Å². The van der Waals surface area contributed by atoms with Crippen LogP contribution in [-0.2, 0) is 14.4 Å². The van der Waals surface area contributed by atoms with Gasteiger partial charge in [0.05, 0.1) is 0 Å². The van der Waals surface area contributed by atoms with E-state index < -0.39 is 45.3 Å². The third kappa shape index (κ3) is 3.19. The van der Waals surface area contributed by atoms with Crippen LogP contribution < -0.4 is 4.74 Å². The summed E-state index contributed by atoms with van der Waals surface area (Å²) in [6, 6.07) is 6.71. The van der Waals surface area contributed by atoms with Crippen molar-refractivity contribution in [2.45, 2.75) is 43.0 Å². The van der Waals surface area contributed by atoms with Crippen molar-refractivity contribution in [1.82, 2.24) is 4.98 Å². The number of hydrogen-bond donors (Lipinski definition) is 3. The van der Waals surface area contributed by atoms with E-state index in [1.807, 2.05) is 5.38 Å². The van der Waals surface area contributed by atoms with Gasteiger partial charge in [-0.1, -0.05) is 12.1 Å². The smallest absolute Gasteiger partial charge is 0.208 e. The van der Waals surface area contributed by atoms with E-state index in [0.29, 0.717) is 0 Å². The zero-order valence-corrected chi connectivity index (χ0v) is 18.1. The van der Waals surface area contributed by atoms with Crippen molar-refractivity contribution in [3.8, 4) is 16.3 Å². The van der Waals surface area contributed by atoms with Crippen LogP contribution in [0.15, 0.2) is 35.8 Å². The summed E-state index contributed by atoms with van der Waals surface area (Å²) in [5.41, 5.74) is -9.35. The highest BCUT2D eigenvalue weighted by Crippen LogP contribution is 2.49. The number of Topliss-reactive ketones (excluding diaryl/α,β-unsaturated/α-hetero) is 3. The molecule has 1 aromatic carbocycles. The number of rotatable bonds is 6. The molecule has 8 nitrogen and oxygen atoms in total. The fraction of sp³-hybridized carbons (Fsp3) is 0.400. The molecule has 3 rings (SSSR count). The van der Waals surface area contributed by atoms with Gasteiger partial charge in [-0.25, -0.2) is 4.98 Å². The molecule has 3 N–H and O–H groups in total. The molecular formula is C20H21NO7S2. The van der Waals surface area contributed by atoms with Gasteiger partial charge < -0.3 is 20.1 Å². The monoisotopic (exact) mass is 451 g/mol. The molecule has 160 valence electrons. The maximum absolute atomic E-state index is 12.5. The van der Waals surface area contributed by atoms with Crippen LogP contribution in [0.25, 0.3) is 10.6 Å². The van der Waals surface area contributed by atoms with Gasteiger partial charge in [0.1, 0.15) is 10.8 Å². The minimum absolute atomic E-state index is 0.249. The number of nitrogens with zero attached hydrogens (tertiary/aromatic N) is 1. The maximum Gasteiger partial charge on any atom is 0.208 e. The molecule has 0 amide bonds. The van der Waals surface area contributed by atoms with E-state index in [9.17, 15) is 29.7 Å². The molecule has 0 saturated carbocycles. The van der Waals surface area contributed by atoms with Gasteiger partial charge in [-0.15, -0.1) is 23.1 Å². The zero-order valence-electron chi connectivity index (χ0n) is 16.5. The summed E-state index contributed by atoms with van der Waals surface area (Å²) >= 11 is 2.17. The Morgan fingerprint density at radius 3 is 2.33 bits per heavy atom. The lowest BCUT2D eigenvalue weighted by atomic mass is 9.65. The molecule has 4 atom stereocenters. The molecule has 0 unspecified atom stereocenters. The number of hydrogen-bond acceptors (Lipinski definition) is 10. The van der Waals surface area contributed by atoms with Crippen molar-refractivity contribution < 1.29 is 34.4 Å². The number of thioether (sulfide) groups is 1. The van der Waals surface area contributed by atoms with Crippen LogP contribution in [0.4, 0.5) is 0 Å². The van der Waals surface area contributed by atoms with Crippen LogP contribution in [0.1, 0.15) is 20.8 Å². The van der Waals surface area contributed by atoms with Crippen molar-refractivity contribution in [1.29, 1.82) is 0 Å². The van der Waals surface area contributed by atoms with Crippen LogP contribution in [0.3, 0.4) is 0 Å². The second kappa shape index (κ2) is 7.86. The Balaban J connectivity index is 2.06. The second-order valence-electron chi connectivity index (χ2n) is 7.13. The minimum atomic E-state index is -3.08. The van der Waals surface area contributed by atoms with Crippen molar-refractivity contribution >= 4 is 40.4 Å². The highest BCUT2D eigenvalue weighted by atomic mass is 32.2. The van der Waals surface area contributed by atoms with E-state index in [4.69, 9.17) is 4.74 Å². The second-order valence-corrected chi connectivity index (χ2v) is 9.08. The number of carbonyl (C=O) groups excluding carboxylic acids is 3. The number of carbonyl (C=O) groups is 3. The molecule has 1 aromatic heterocycles. The van der Waals surface area contributed by atoms with Crippen LogP contribution in [0.5, 0.6) is 5.75 Å². The van der Waals surface area contributed by atoms with E-state index in [0.717, 1.165) is 43.1 Å². The summed E-state index contributed by atoms with van der Waals surface area (Å²) in [5.74, 6) is -3.29. The van der Waals surface area contributed by atoms with Crippen LogP contribution in [0, 0.1) is 0 Å². The SMILES string of the molecule is CC(=O)[C@]1(O)[C@@](O)(C(C)=O)CS[C@H](Oc2cccc(-c3nccs3)c2)[C@@]1(O)C(C)=O. The van der Waals surface area contributed by atoms with Gasteiger partial charge in [-0.05, 0) is 32.9 Å². The van der Waals surface area contributed by atoms with Gasteiger partial charge in [0.2, 0.25) is 5.60 Å². The Kier molecular flexibility index (Phi) is 5.91. The molecule has 1 fully saturated rings. The largest absolute Gasteiger partial charge is 0.476 e. The quantitative estimate of drug-likeness (QED) is 0.593. The van der Waals surface area contributed by atoms with Gasteiger partial charge >= 0.3 is 0 Å². The Morgan fingerprint density at radius 1 is 1.10 bits per heavy atom. The first-order valence-electron chi connectivity index (χ1n) is 8.97. The minimum Gasteiger partial charge on any atom is -0.476 e. The lowest BCUT2D eigenvalue weighted by Gasteiger charge is -2.54. The summed E-state index contributed by atoms with van der Waals surface area (Å²) in [6.45, 7) is 2.84. The topological polar surface area (TPSA) is 134 Å². The van der Waals surface area contributed by atoms with Crippen molar-refractivity contribution in [2.75, 3.05) is 5.75 Å². The summed E-state index contributed by atoms with van der Waals surface area (Å²) < 4.78 is 5.82. The maximum atomic E-state index is 12.5. The van der Waals surface area contributed by atoms with Crippen molar-refractivity contribution in [3.05, 3.63) is 35.8 Å². The van der Waals surface area contributed by atoms with Gasteiger partial charge in [-0.3, -0.25) is 14.4 Å². The van der Waals surface area contributed by atoms with Gasteiger partial charge in [-0.2, -0.15) is 0 Å². The van der Waals surface area contributed by atoms with Crippen LogP contribution in [0.2, 0.25) is 0 Å². The Bertz CT molecular complexity index is 995. The van der Waals surface area contributed by atoms with Crippen molar-refractivity contribution in [2.24, 2.45) is 0 Å². The van der Waals surface area contributed by atoms with E-state index in [1.165, 1.54) is 11.3 Å². The Morgan fingerprint density at radius 2 is 1.80 bits per heavy atom. The highest BCUT2D eigenvalue weighted by molar-refractivity contribution is 8.00. The fourth-order valence-electron chi connectivity index (χ4n) is 3.56. The highest BCUT2D eigenvalue weighted by Gasteiger charge is 2.75. The molecule has 0 radical (unpaired) electrons. The molecule has 2 aromatic rings. The molecule has 1 aliphatic heterocycles. The van der Waals surface area contributed by atoms with E-state index in [2.05, 4.69) is 4.98 Å². The Hall–Kier alpha value is -2.11. The summed E-state index contributed by atoms with van der Waals surface area (Å²) in [5, 5.41) is 35.9. The number of aromatic nitrogens is 1. The Labute approximate surface area is 180 Å². The van der Waals surface area contributed by atoms with Gasteiger partial charge in [0.15, 0.2) is 34.0 Å². The molecule has 10 heteroatoms. The molecule has 2 heterocycles. The molecule has 1 aliphatic rings. The average molecular weight is 452 g/mol. The average Bonchev–Trinajstić information content (AvgIpc) is 3.23. The number of benzene rings is 1.